The van der Waals surface area contributed by atoms with E-state index in [9.17, 15) is 9.59 Å². The first-order valence-electron chi connectivity index (χ1n) is 12.4. The van der Waals surface area contributed by atoms with E-state index in [1.807, 2.05) is 48.2 Å². The number of carbonyl (C=O) groups excluding carboxylic acids is 2. The standard InChI is InChI=1S/C29H33ClN2O3S/c1-20(2)11-14-31(29(34)22-7-5-4-6-8-22)18-28(33)32-15-12-27-24(13-16-36-27)26(32)19-35-23-9-10-25(30)21(3)17-23/h4-10,13,16-17,20,26H,11-12,14-15,18-19H2,1-3H3/t26-/m0/s1. The van der Waals surface area contributed by atoms with E-state index >= 15 is 0 Å². The van der Waals surface area contributed by atoms with Crippen molar-refractivity contribution in [2.45, 2.75) is 39.7 Å². The summed E-state index contributed by atoms with van der Waals surface area (Å²) in [6, 6.07) is 16.7. The molecule has 5 nitrogen and oxygen atoms in total. The summed E-state index contributed by atoms with van der Waals surface area (Å²) in [7, 11) is 0. The van der Waals surface area contributed by atoms with Crippen LogP contribution >= 0.6 is 22.9 Å². The molecule has 0 spiro atoms. The Balaban J connectivity index is 1.53. The molecule has 2 aromatic carbocycles. The van der Waals surface area contributed by atoms with Gasteiger partial charge in [-0.15, -0.1) is 11.3 Å². The lowest BCUT2D eigenvalue weighted by molar-refractivity contribution is -0.135. The number of hydrogen-bond donors (Lipinski definition) is 0. The minimum atomic E-state index is -0.206. The Morgan fingerprint density at radius 2 is 1.94 bits per heavy atom. The first-order valence-corrected chi connectivity index (χ1v) is 13.7. The predicted octanol–water partition coefficient (Wildman–Crippen LogP) is 6.40. The average molecular weight is 525 g/mol. The van der Waals surface area contributed by atoms with E-state index in [1.165, 1.54) is 4.88 Å². The zero-order chi connectivity index (χ0) is 25.7. The molecular weight excluding hydrogens is 492 g/mol. The topological polar surface area (TPSA) is 49.9 Å². The number of thiophene rings is 1. The van der Waals surface area contributed by atoms with Gasteiger partial charge in [0.15, 0.2) is 0 Å². The van der Waals surface area contributed by atoms with Crippen LogP contribution in [0.3, 0.4) is 0 Å². The van der Waals surface area contributed by atoms with E-state index in [1.54, 1.807) is 28.4 Å². The van der Waals surface area contributed by atoms with Crippen molar-refractivity contribution < 1.29 is 14.3 Å². The fourth-order valence-electron chi connectivity index (χ4n) is 4.44. The number of amides is 2. The SMILES string of the molecule is Cc1cc(OC[C@H]2c3ccsc3CCN2C(=O)CN(CCC(C)C)C(=O)c2ccccc2)ccc1Cl. The summed E-state index contributed by atoms with van der Waals surface area (Å²) in [5.74, 6) is 0.992. The third-order valence-electron chi connectivity index (χ3n) is 6.56. The second kappa shape index (κ2) is 11.9. The van der Waals surface area contributed by atoms with Crippen LogP contribution in [0.1, 0.15) is 52.7 Å². The molecule has 0 fully saturated rings. The highest BCUT2D eigenvalue weighted by Gasteiger charge is 2.33. The first-order chi connectivity index (χ1) is 17.3. The van der Waals surface area contributed by atoms with Gasteiger partial charge in [0.2, 0.25) is 5.91 Å². The van der Waals surface area contributed by atoms with Crippen molar-refractivity contribution in [2.75, 3.05) is 26.2 Å². The number of benzene rings is 2. The van der Waals surface area contributed by atoms with Gasteiger partial charge < -0.3 is 14.5 Å². The molecule has 1 aliphatic heterocycles. The first kappa shape index (κ1) is 26.2. The zero-order valence-corrected chi connectivity index (χ0v) is 22.6. The van der Waals surface area contributed by atoms with Gasteiger partial charge in [0.25, 0.3) is 5.91 Å². The fraction of sp³-hybridized carbons (Fsp3) is 0.379. The summed E-state index contributed by atoms with van der Waals surface area (Å²) < 4.78 is 6.16. The molecule has 0 bridgehead atoms. The Morgan fingerprint density at radius 3 is 2.67 bits per heavy atom. The Hall–Kier alpha value is -2.83. The summed E-state index contributed by atoms with van der Waals surface area (Å²) in [6.45, 7) is 7.74. The molecule has 1 aliphatic rings. The summed E-state index contributed by atoms with van der Waals surface area (Å²) in [4.78, 5) is 31.9. The van der Waals surface area contributed by atoms with Crippen LogP contribution in [0.2, 0.25) is 5.02 Å². The van der Waals surface area contributed by atoms with Gasteiger partial charge in [-0.1, -0.05) is 43.6 Å². The van der Waals surface area contributed by atoms with Gasteiger partial charge in [-0.05, 0) is 78.6 Å². The number of aryl methyl sites for hydroxylation is 1. The molecule has 2 heterocycles. The number of carbonyl (C=O) groups is 2. The third kappa shape index (κ3) is 6.29. The van der Waals surface area contributed by atoms with Crippen LogP contribution in [0.15, 0.2) is 60.0 Å². The quantitative estimate of drug-likeness (QED) is 0.325. The smallest absolute Gasteiger partial charge is 0.254 e. The molecule has 0 saturated carbocycles. The van der Waals surface area contributed by atoms with E-state index in [-0.39, 0.29) is 24.4 Å². The highest BCUT2D eigenvalue weighted by molar-refractivity contribution is 7.10. The predicted molar refractivity (Wildman–Crippen MR) is 146 cm³/mol. The van der Waals surface area contributed by atoms with Crippen LogP contribution in [-0.2, 0) is 11.2 Å². The summed E-state index contributed by atoms with van der Waals surface area (Å²) in [6.07, 6.45) is 1.65. The molecule has 190 valence electrons. The van der Waals surface area contributed by atoms with Gasteiger partial charge in [0, 0.05) is 28.6 Å². The number of nitrogens with zero attached hydrogens (tertiary/aromatic N) is 2. The van der Waals surface area contributed by atoms with Gasteiger partial charge in [0.05, 0.1) is 6.04 Å². The van der Waals surface area contributed by atoms with Gasteiger partial charge >= 0.3 is 0 Å². The van der Waals surface area contributed by atoms with Crippen molar-refractivity contribution in [1.82, 2.24) is 9.80 Å². The van der Waals surface area contributed by atoms with E-state index < -0.39 is 0 Å². The van der Waals surface area contributed by atoms with E-state index in [0.717, 1.165) is 29.7 Å². The molecule has 4 rings (SSSR count). The molecule has 0 saturated heterocycles. The average Bonchev–Trinajstić information content (AvgIpc) is 3.36. The van der Waals surface area contributed by atoms with Gasteiger partial charge in [0.1, 0.15) is 18.9 Å². The number of halogens is 1. The molecule has 1 atom stereocenters. The van der Waals surface area contributed by atoms with Gasteiger partial charge in [-0.2, -0.15) is 0 Å². The van der Waals surface area contributed by atoms with Gasteiger partial charge in [-0.25, -0.2) is 0 Å². The van der Waals surface area contributed by atoms with Crippen LogP contribution in [0.25, 0.3) is 0 Å². The molecule has 0 aliphatic carbocycles. The van der Waals surface area contributed by atoms with Crippen molar-refractivity contribution in [3.8, 4) is 5.75 Å². The van der Waals surface area contributed by atoms with Crippen molar-refractivity contribution >= 4 is 34.8 Å². The van der Waals surface area contributed by atoms with Crippen molar-refractivity contribution in [2.24, 2.45) is 5.92 Å². The van der Waals surface area contributed by atoms with Crippen molar-refractivity contribution in [1.29, 1.82) is 0 Å². The number of rotatable bonds is 9. The van der Waals surface area contributed by atoms with E-state index in [0.29, 0.717) is 36.2 Å². The second-order valence-electron chi connectivity index (χ2n) is 9.65. The second-order valence-corrected chi connectivity index (χ2v) is 11.1. The van der Waals surface area contributed by atoms with E-state index in [4.69, 9.17) is 16.3 Å². The molecule has 1 aromatic heterocycles. The normalized spacial score (nSPS) is 15.0. The summed E-state index contributed by atoms with van der Waals surface area (Å²) in [5, 5.41) is 2.77. The zero-order valence-electron chi connectivity index (χ0n) is 21.1. The molecule has 0 N–H and O–H groups in total. The lowest BCUT2D eigenvalue weighted by Crippen LogP contribution is -2.48. The van der Waals surface area contributed by atoms with Crippen LogP contribution in [0.5, 0.6) is 5.75 Å². The van der Waals surface area contributed by atoms with Crippen LogP contribution in [0, 0.1) is 12.8 Å². The van der Waals surface area contributed by atoms with Crippen molar-refractivity contribution in [3.63, 3.8) is 0 Å². The molecule has 0 unspecified atom stereocenters. The van der Waals surface area contributed by atoms with Crippen LogP contribution in [0.4, 0.5) is 0 Å². The Bertz CT molecular complexity index is 1190. The third-order valence-corrected chi connectivity index (χ3v) is 7.98. The minimum absolute atomic E-state index is 0.0521. The maximum absolute atomic E-state index is 13.7. The maximum Gasteiger partial charge on any atom is 0.254 e. The van der Waals surface area contributed by atoms with Crippen LogP contribution in [-0.4, -0.2) is 47.9 Å². The fourth-order valence-corrected chi connectivity index (χ4v) is 5.49. The molecule has 0 radical (unpaired) electrons. The summed E-state index contributed by atoms with van der Waals surface area (Å²) >= 11 is 7.89. The molecule has 36 heavy (non-hydrogen) atoms. The summed E-state index contributed by atoms with van der Waals surface area (Å²) in [5.41, 5.74) is 2.68. The van der Waals surface area contributed by atoms with Crippen molar-refractivity contribution in [3.05, 3.63) is 86.6 Å². The highest BCUT2D eigenvalue weighted by Crippen LogP contribution is 2.34. The molecule has 7 heteroatoms. The Labute approximate surface area is 222 Å². The Morgan fingerprint density at radius 1 is 1.17 bits per heavy atom. The highest BCUT2D eigenvalue weighted by atomic mass is 35.5. The molecule has 2 amide bonds. The largest absolute Gasteiger partial charge is 0.491 e. The number of fused-ring (bicyclic) bond motifs is 1. The maximum atomic E-state index is 13.7. The number of ether oxygens (including phenoxy) is 1. The van der Waals surface area contributed by atoms with Gasteiger partial charge in [-0.3, -0.25) is 9.59 Å². The minimum Gasteiger partial charge on any atom is -0.491 e. The van der Waals surface area contributed by atoms with Crippen LogP contribution < -0.4 is 4.74 Å². The molecular formula is C29H33ClN2O3S. The molecule has 3 aromatic rings. The lowest BCUT2D eigenvalue weighted by atomic mass is 10.00. The number of hydrogen-bond acceptors (Lipinski definition) is 4. The Kier molecular flexibility index (Phi) is 8.70. The van der Waals surface area contributed by atoms with E-state index in [2.05, 4.69) is 25.3 Å². The lowest BCUT2D eigenvalue weighted by Gasteiger charge is -2.37. The monoisotopic (exact) mass is 524 g/mol.